The van der Waals surface area contributed by atoms with Gasteiger partial charge in [0, 0.05) is 30.9 Å². The van der Waals surface area contributed by atoms with Crippen molar-refractivity contribution in [1.82, 2.24) is 10.3 Å². The summed E-state index contributed by atoms with van der Waals surface area (Å²) in [4.78, 5) is 5.87. The van der Waals surface area contributed by atoms with Crippen molar-refractivity contribution in [3.63, 3.8) is 0 Å². The molecule has 0 amide bonds. The molecule has 21 heavy (non-hydrogen) atoms. The Hall–Kier alpha value is -1.21. The summed E-state index contributed by atoms with van der Waals surface area (Å²) < 4.78 is 37.8. The molecule has 0 aliphatic carbocycles. The second-order valence-electron chi connectivity index (χ2n) is 5.44. The van der Waals surface area contributed by atoms with Crippen molar-refractivity contribution in [1.29, 1.82) is 0 Å². The third-order valence-electron chi connectivity index (χ3n) is 3.64. The Morgan fingerprint density at radius 1 is 1.52 bits per heavy atom. The van der Waals surface area contributed by atoms with Crippen molar-refractivity contribution in [2.24, 2.45) is 0 Å². The minimum atomic E-state index is -3.02. The van der Waals surface area contributed by atoms with Crippen molar-refractivity contribution >= 4 is 15.7 Å². The SMILES string of the molecule is CCCNCc1ccnc(N2CCS(=O)(=O)CC2C)c1F. The van der Waals surface area contributed by atoms with E-state index in [1.807, 2.05) is 0 Å². The number of aromatic nitrogens is 1. The van der Waals surface area contributed by atoms with Crippen LogP contribution in [0.4, 0.5) is 10.2 Å². The largest absolute Gasteiger partial charge is 0.349 e. The molecule has 0 bridgehead atoms. The Balaban J connectivity index is 2.18. The van der Waals surface area contributed by atoms with E-state index >= 15 is 0 Å². The fourth-order valence-electron chi connectivity index (χ4n) is 2.52. The zero-order valence-electron chi connectivity index (χ0n) is 12.5. The molecule has 0 radical (unpaired) electrons. The maximum absolute atomic E-state index is 14.6. The average Bonchev–Trinajstić information content (AvgIpc) is 2.41. The van der Waals surface area contributed by atoms with Crippen LogP contribution in [-0.4, -0.2) is 44.0 Å². The van der Waals surface area contributed by atoms with E-state index < -0.39 is 9.84 Å². The number of sulfone groups is 1. The van der Waals surface area contributed by atoms with Gasteiger partial charge in [0.2, 0.25) is 0 Å². The van der Waals surface area contributed by atoms with Gasteiger partial charge in [0.05, 0.1) is 11.5 Å². The molecule has 7 heteroatoms. The molecule has 1 aromatic rings. The first kappa shape index (κ1) is 16.2. The minimum Gasteiger partial charge on any atom is -0.349 e. The first-order valence-corrected chi connectivity index (χ1v) is 9.08. The summed E-state index contributed by atoms with van der Waals surface area (Å²) in [6.45, 7) is 5.42. The van der Waals surface area contributed by atoms with Gasteiger partial charge in [-0.15, -0.1) is 0 Å². The molecule has 1 aliphatic rings. The summed E-state index contributed by atoms with van der Waals surface area (Å²) in [7, 11) is -3.02. The zero-order valence-corrected chi connectivity index (χ0v) is 13.3. The number of hydrogen-bond acceptors (Lipinski definition) is 5. The molecule has 2 rings (SSSR count). The Labute approximate surface area is 125 Å². The lowest BCUT2D eigenvalue weighted by atomic mass is 10.2. The third kappa shape index (κ3) is 3.91. The molecule has 0 aromatic carbocycles. The molecule has 118 valence electrons. The Morgan fingerprint density at radius 3 is 2.95 bits per heavy atom. The highest BCUT2D eigenvalue weighted by atomic mass is 32.2. The van der Waals surface area contributed by atoms with Gasteiger partial charge in [-0.2, -0.15) is 0 Å². The van der Waals surface area contributed by atoms with Gasteiger partial charge < -0.3 is 10.2 Å². The normalized spacial score (nSPS) is 21.5. The summed E-state index contributed by atoms with van der Waals surface area (Å²) in [6, 6.07) is 1.40. The van der Waals surface area contributed by atoms with Gasteiger partial charge in [0.25, 0.3) is 0 Å². The lowest BCUT2D eigenvalue weighted by Crippen LogP contribution is -2.47. The number of rotatable bonds is 5. The van der Waals surface area contributed by atoms with Crippen molar-refractivity contribution in [2.75, 3.05) is 29.5 Å². The van der Waals surface area contributed by atoms with Crippen LogP contribution in [0.15, 0.2) is 12.3 Å². The second-order valence-corrected chi connectivity index (χ2v) is 7.67. The van der Waals surface area contributed by atoms with Crippen LogP contribution < -0.4 is 10.2 Å². The van der Waals surface area contributed by atoms with E-state index in [0.29, 0.717) is 18.7 Å². The molecule has 0 spiro atoms. The summed E-state index contributed by atoms with van der Waals surface area (Å²) in [5.41, 5.74) is 0.564. The van der Waals surface area contributed by atoms with Crippen LogP contribution in [0.25, 0.3) is 0 Å². The van der Waals surface area contributed by atoms with Crippen LogP contribution in [0, 0.1) is 5.82 Å². The number of halogens is 1. The smallest absolute Gasteiger partial charge is 0.170 e. The van der Waals surface area contributed by atoms with Crippen LogP contribution in [0.3, 0.4) is 0 Å². The van der Waals surface area contributed by atoms with Gasteiger partial charge >= 0.3 is 0 Å². The highest BCUT2D eigenvalue weighted by Gasteiger charge is 2.30. The average molecular weight is 315 g/mol. The van der Waals surface area contributed by atoms with E-state index in [1.54, 1.807) is 24.1 Å². The maximum Gasteiger partial charge on any atom is 0.170 e. The van der Waals surface area contributed by atoms with E-state index in [1.165, 1.54) is 0 Å². The van der Waals surface area contributed by atoms with E-state index in [9.17, 15) is 12.8 Å². The molecule has 2 heterocycles. The summed E-state index contributed by atoms with van der Waals surface area (Å²) in [6.07, 6.45) is 2.57. The highest BCUT2D eigenvalue weighted by molar-refractivity contribution is 7.91. The molecule has 5 nitrogen and oxygen atoms in total. The van der Waals surface area contributed by atoms with Crippen molar-refractivity contribution in [2.45, 2.75) is 32.9 Å². The maximum atomic E-state index is 14.6. The molecule has 1 unspecified atom stereocenters. The number of pyridine rings is 1. The Kier molecular flexibility index (Phi) is 5.16. The molecule has 1 aliphatic heterocycles. The first-order chi connectivity index (χ1) is 9.94. The van der Waals surface area contributed by atoms with E-state index in [0.717, 1.165) is 13.0 Å². The zero-order chi connectivity index (χ0) is 15.5. The van der Waals surface area contributed by atoms with Gasteiger partial charge in [-0.1, -0.05) is 6.92 Å². The number of anilines is 1. The second kappa shape index (κ2) is 6.70. The number of nitrogens with one attached hydrogen (secondary N) is 1. The van der Waals surface area contributed by atoms with Crippen molar-refractivity contribution in [3.8, 4) is 0 Å². The summed E-state index contributed by atoms with van der Waals surface area (Å²) >= 11 is 0. The highest BCUT2D eigenvalue weighted by Crippen LogP contribution is 2.24. The molecule has 1 aromatic heterocycles. The van der Waals surface area contributed by atoms with Crippen LogP contribution in [0.1, 0.15) is 25.8 Å². The molecule has 1 atom stereocenters. The predicted molar refractivity (Wildman–Crippen MR) is 81.7 cm³/mol. The van der Waals surface area contributed by atoms with Crippen molar-refractivity contribution in [3.05, 3.63) is 23.6 Å². The fraction of sp³-hybridized carbons (Fsp3) is 0.643. The van der Waals surface area contributed by atoms with Gasteiger partial charge in [0.15, 0.2) is 21.5 Å². The van der Waals surface area contributed by atoms with Crippen LogP contribution in [-0.2, 0) is 16.4 Å². The quantitative estimate of drug-likeness (QED) is 0.831. The first-order valence-electron chi connectivity index (χ1n) is 7.25. The third-order valence-corrected chi connectivity index (χ3v) is 5.43. The fourth-order valence-corrected chi connectivity index (χ4v) is 4.08. The molecular weight excluding hydrogens is 293 g/mol. The number of nitrogens with zero attached hydrogens (tertiary/aromatic N) is 2. The Morgan fingerprint density at radius 2 is 2.29 bits per heavy atom. The van der Waals surface area contributed by atoms with Crippen LogP contribution in [0.5, 0.6) is 0 Å². The van der Waals surface area contributed by atoms with Gasteiger partial charge in [-0.3, -0.25) is 0 Å². The van der Waals surface area contributed by atoms with Crippen LogP contribution >= 0.6 is 0 Å². The summed E-state index contributed by atoms with van der Waals surface area (Å²) in [5.74, 6) is 0.00360. The van der Waals surface area contributed by atoms with E-state index in [4.69, 9.17) is 0 Å². The molecule has 1 saturated heterocycles. The number of hydrogen-bond donors (Lipinski definition) is 1. The minimum absolute atomic E-state index is 0.0480. The molecule has 0 saturated carbocycles. The lowest BCUT2D eigenvalue weighted by Gasteiger charge is -2.34. The van der Waals surface area contributed by atoms with Gasteiger partial charge in [0.1, 0.15) is 0 Å². The monoisotopic (exact) mass is 315 g/mol. The predicted octanol–water partition coefficient (Wildman–Crippen LogP) is 1.34. The standard InChI is InChI=1S/C14H22FN3O2S/c1-3-5-16-9-12-4-6-17-14(13(12)15)18-7-8-21(19,20)10-11(18)2/h4,6,11,16H,3,5,7-10H2,1-2H3. The van der Waals surface area contributed by atoms with Crippen molar-refractivity contribution < 1.29 is 12.8 Å². The van der Waals surface area contributed by atoms with Gasteiger partial charge in [-0.25, -0.2) is 17.8 Å². The molecular formula is C14H22FN3O2S. The van der Waals surface area contributed by atoms with E-state index in [2.05, 4.69) is 17.2 Å². The summed E-state index contributed by atoms with van der Waals surface area (Å²) in [5, 5.41) is 3.16. The van der Waals surface area contributed by atoms with E-state index in [-0.39, 0.29) is 29.2 Å². The topological polar surface area (TPSA) is 62.3 Å². The Bertz CT molecular complexity index is 592. The molecule has 1 fully saturated rings. The van der Waals surface area contributed by atoms with Gasteiger partial charge in [-0.05, 0) is 26.0 Å². The molecule has 1 N–H and O–H groups in total. The van der Waals surface area contributed by atoms with Crippen LogP contribution in [0.2, 0.25) is 0 Å². The lowest BCUT2D eigenvalue weighted by molar-refractivity contribution is 0.546.